The maximum absolute atomic E-state index is 8.91. The predicted octanol–water partition coefficient (Wildman–Crippen LogP) is 2.18. The quantitative estimate of drug-likeness (QED) is 0.915. The van der Waals surface area contributed by atoms with Crippen LogP contribution in [-0.2, 0) is 11.3 Å². The predicted molar refractivity (Wildman–Crippen MR) is 73.1 cm³/mol. The summed E-state index contributed by atoms with van der Waals surface area (Å²) < 4.78 is 10.7. The van der Waals surface area contributed by atoms with Crippen molar-refractivity contribution in [2.75, 3.05) is 12.8 Å². The lowest BCUT2D eigenvalue weighted by atomic mass is 10.1. The molecule has 0 unspecified atom stereocenters. The minimum absolute atomic E-state index is 0.249. The van der Waals surface area contributed by atoms with Gasteiger partial charge in [-0.05, 0) is 24.6 Å². The Labute approximate surface area is 116 Å². The highest BCUT2D eigenvalue weighted by Crippen LogP contribution is 2.25. The number of anilines is 1. The molecule has 102 valence electrons. The molecule has 2 aromatic rings. The van der Waals surface area contributed by atoms with Crippen LogP contribution in [0.15, 0.2) is 24.3 Å². The van der Waals surface area contributed by atoms with Gasteiger partial charge >= 0.3 is 0 Å². The number of nitrogens with two attached hydrogens (primary N) is 1. The number of hydrogen-bond donors (Lipinski definition) is 1. The fourth-order valence-electron chi connectivity index (χ4n) is 1.63. The van der Waals surface area contributed by atoms with Crippen molar-refractivity contribution in [2.45, 2.75) is 13.5 Å². The van der Waals surface area contributed by atoms with Gasteiger partial charge in [0.05, 0.1) is 11.6 Å². The van der Waals surface area contributed by atoms with Crippen LogP contribution in [0.2, 0.25) is 0 Å². The summed E-state index contributed by atoms with van der Waals surface area (Å²) in [7, 11) is 1.55. The number of nitrogens with zero attached hydrogens (tertiary/aromatic N) is 3. The number of aromatic nitrogens is 2. The van der Waals surface area contributed by atoms with Gasteiger partial charge in [0.15, 0.2) is 5.82 Å². The van der Waals surface area contributed by atoms with E-state index in [1.807, 2.05) is 13.0 Å². The molecule has 1 aromatic heterocycles. The van der Waals surface area contributed by atoms with E-state index >= 15 is 0 Å². The van der Waals surface area contributed by atoms with Crippen molar-refractivity contribution in [3.05, 3.63) is 41.2 Å². The molecule has 0 saturated heterocycles. The summed E-state index contributed by atoms with van der Waals surface area (Å²) in [5, 5.41) is 8.91. The highest BCUT2D eigenvalue weighted by Gasteiger charge is 2.07. The molecule has 0 bridgehead atoms. The molecule has 0 saturated carbocycles. The maximum Gasteiger partial charge on any atom is 0.224 e. The Morgan fingerprint density at radius 3 is 2.80 bits per heavy atom. The Hall–Kier alpha value is -2.65. The van der Waals surface area contributed by atoms with Crippen LogP contribution in [0.25, 0.3) is 0 Å². The molecule has 0 fully saturated rings. The molecule has 0 amide bonds. The first kappa shape index (κ1) is 13.8. The minimum Gasteiger partial charge on any atom is -0.439 e. The molecule has 6 heteroatoms. The molecule has 2 N–H and O–H groups in total. The van der Waals surface area contributed by atoms with Crippen LogP contribution in [0, 0.1) is 18.3 Å². The summed E-state index contributed by atoms with van der Waals surface area (Å²) in [6, 6.07) is 8.79. The normalized spacial score (nSPS) is 10.1. The van der Waals surface area contributed by atoms with Crippen molar-refractivity contribution in [1.29, 1.82) is 5.26 Å². The SMILES string of the molecule is COCc1nc(N)cc(Oc2cc(C#N)ccc2C)n1. The zero-order valence-corrected chi connectivity index (χ0v) is 11.3. The van der Waals surface area contributed by atoms with E-state index < -0.39 is 0 Å². The summed E-state index contributed by atoms with van der Waals surface area (Å²) in [6.45, 7) is 2.13. The number of hydrogen-bond acceptors (Lipinski definition) is 6. The van der Waals surface area contributed by atoms with E-state index in [1.165, 1.54) is 6.07 Å². The van der Waals surface area contributed by atoms with Gasteiger partial charge < -0.3 is 15.2 Å². The van der Waals surface area contributed by atoms with E-state index in [4.69, 9.17) is 20.5 Å². The van der Waals surface area contributed by atoms with Crippen molar-refractivity contribution in [3.8, 4) is 17.7 Å². The number of methoxy groups -OCH3 is 1. The van der Waals surface area contributed by atoms with E-state index in [-0.39, 0.29) is 6.61 Å². The zero-order valence-electron chi connectivity index (χ0n) is 11.3. The van der Waals surface area contributed by atoms with E-state index in [1.54, 1.807) is 19.2 Å². The molecule has 0 radical (unpaired) electrons. The third-order valence-electron chi connectivity index (χ3n) is 2.57. The van der Waals surface area contributed by atoms with Gasteiger partial charge in [-0.1, -0.05) is 6.07 Å². The van der Waals surface area contributed by atoms with Crippen molar-refractivity contribution in [2.24, 2.45) is 0 Å². The first-order chi connectivity index (χ1) is 9.62. The van der Waals surface area contributed by atoms with E-state index in [0.717, 1.165) is 5.56 Å². The molecule has 0 atom stereocenters. The third-order valence-corrected chi connectivity index (χ3v) is 2.57. The molecule has 0 aliphatic heterocycles. The van der Waals surface area contributed by atoms with Crippen LogP contribution in [0.1, 0.15) is 17.0 Å². The average molecular weight is 270 g/mol. The van der Waals surface area contributed by atoms with Crippen LogP contribution in [0.4, 0.5) is 5.82 Å². The molecular weight excluding hydrogens is 256 g/mol. The van der Waals surface area contributed by atoms with Crippen LogP contribution < -0.4 is 10.5 Å². The van der Waals surface area contributed by atoms with E-state index in [0.29, 0.717) is 28.8 Å². The van der Waals surface area contributed by atoms with Gasteiger partial charge in [0.25, 0.3) is 0 Å². The molecule has 2 rings (SSSR count). The number of nitrogen functional groups attached to an aromatic ring is 1. The molecule has 1 aromatic carbocycles. The van der Waals surface area contributed by atoms with Gasteiger partial charge in [-0.3, -0.25) is 0 Å². The highest BCUT2D eigenvalue weighted by atomic mass is 16.5. The first-order valence-corrected chi connectivity index (χ1v) is 5.93. The van der Waals surface area contributed by atoms with Crippen LogP contribution >= 0.6 is 0 Å². The summed E-state index contributed by atoms with van der Waals surface area (Å²) in [6.07, 6.45) is 0. The fourth-order valence-corrected chi connectivity index (χ4v) is 1.63. The first-order valence-electron chi connectivity index (χ1n) is 5.93. The molecule has 20 heavy (non-hydrogen) atoms. The highest BCUT2D eigenvalue weighted by molar-refractivity contribution is 5.44. The van der Waals surface area contributed by atoms with Crippen molar-refractivity contribution >= 4 is 5.82 Å². The van der Waals surface area contributed by atoms with Gasteiger partial charge in [-0.25, -0.2) is 4.98 Å². The Morgan fingerprint density at radius 1 is 1.30 bits per heavy atom. The number of benzene rings is 1. The van der Waals surface area contributed by atoms with Gasteiger partial charge in [0, 0.05) is 13.2 Å². The van der Waals surface area contributed by atoms with Gasteiger partial charge in [0.2, 0.25) is 5.88 Å². The Morgan fingerprint density at radius 2 is 2.10 bits per heavy atom. The third kappa shape index (κ3) is 3.22. The lowest BCUT2D eigenvalue weighted by Gasteiger charge is -2.09. The van der Waals surface area contributed by atoms with Crippen LogP contribution in [-0.4, -0.2) is 17.1 Å². The second-order valence-electron chi connectivity index (χ2n) is 4.17. The van der Waals surface area contributed by atoms with Crippen molar-refractivity contribution < 1.29 is 9.47 Å². The van der Waals surface area contributed by atoms with Crippen LogP contribution in [0.5, 0.6) is 11.6 Å². The topological polar surface area (TPSA) is 94.0 Å². The second-order valence-corrected chi connectivity index (χ2v) is 4.17. The summed E-state index contributed by atoms with van der Waals surface area (Å²) >= 11 is 0. The van der Waals surface area contributed by atoms with Gasteiger partial charge in [-0.15, -0.1) is 0 Å². The smallest absolute Gasteiger partial charge is 0.224 e. The van der Waals surface area contributed by atoms with Gasteiger partial charge in [-0.2, -0.15) is 10.2 Å². The Balaban J connectivity index is 2.32. The molecule has 6 nitrogen and oxygen atoms in total. The largest absolute Gasteiger partial charge is 0.439 e. The van der Waals surface area contributed by atoms with Crippen molar-refractivity contribution in [1.82, 2.24) is 9.97 Å². The molecular formula is C14H14N4O2. The summed E-state index contributed by atoms with van der Waals surface area (Å²) in [4.78, 5) is 8.22. The van der Waals surface area contributed by atoms with E-state index in [2.05, 4.69) is 16.0 Å². The second kappa shape index (κ2) is 5.99. The lowest BCUT2D eigenvalue weighted by molar-refractivity contribution is 0.177. The number of nitriles is 1. The molecule has 0 spiro atoms. The number of rotatable bonds is 4. The zero-order chi connectivity index (χ0) is 14.5. The molecule has 0 aliphatic carbocycles. The Kier molecular flexibility index (Phi) is 4.13. The Bertz CT molecular complexity index is 665. The maximum atomic E-state index is 8.91. The summed E-state index contributed by atoms with van der Waals surface area (Å²) in [5.74, 6) is 1.63. The number of ether oxygens (including phenoxy) is 2. The summed E-state index contributed by atoms with van der Waals surface area (Å²) in [5.41, 5.74) is 7.11. The average Bonchev–Trinajstić information content (AvgIpc) is 2.41. The molecule has 1 heterocycles. The van der Waals surface area contributed by atoms with E-state index in [9.17, 15) is 0 Å². The lowest BCUT2D eigenvalue weighted by Crippen LogP contribution is -2.03. The van der Waals surface area contributed by atoms with Crippen LogP contribution in [0.3, 0.4) is 0 Å². The fraction of sp³-hybridized carbons (Fsp3) is 0.214. The standard InChI is InChI=1S/C14H14N4O2/c1-9-3-4-10(7-15)5-11(9)20-14-6-12(16)17-13(18-14)8-19-2/h3-6H,8H2,1-2H3,(H2,16,17,18). The van der Waals surface area contributed by atoms with Gasteiger partial charge in [0.1, 0.15) is 18.2 Å². The monoisotopic (exact) mass is 270 g/mol. The van der Waals surface area contributed by atoms with Crippen molar-refractivity contribution in [3.63, 3.8) is 0 Å². The minimum atomic E-state index is 0.249. The molecule has 0 aliphatic rings. The number of aryl methyl sites for hydroxylation is 1.